The molecule has 0 bridgehead atoms. The van der Waals surface area contributed by atoms with Gasteiger partial charge in [-0.1, -0.05) is 30.3 Å². The molecule has 0 atom stereocenters. The van der Waals surface area contributed by atoms with Gasteiger partial charge in [0.25, 0.3) is 0 Å². The molecule has 1 N–H and O–H groups in total. The summed E-state index contributed by atoms with van der Waals surface area (Å²) in [5.74, 6) is 0.855. The van der Waals surface area contributed by atoms with Crippen LogP contribution in [0.3, 0.4) is 0 Å². The lowest BCUT2D eigenvalue weighted by Gasteiger charge is -2.27. The molecule has 0 radical (unpaired) electrons. The zero-order valence-electron chi connectivity index (χ0n) is 11.8. The van der Waals surface area contributed by atoms with E-state index in [1.165, 1.54) is 11.1 Å². The van der Waals surface area contributed by atoms with Crippen LogP contribution in [-0.2, 0) is 19.4 Å². The minimum Gasteiger partial charge on any atom is -0.372 e. The van der Waals surface area contributed by atoms with Gasteiger partial charge < -0.3 is 5.32 Å². The zero-order chi connectivity index (χ0) is 13.8. The van der Waals surface area contributed by atoms with Crippen LogP contribution in [0.25, 0.3) is 0 Å². The van der Waals surface area contributed by atoms with Crippen LogP contribution >= 0.6 is 0 Å². The standard InChI is InChI=1S/C16H20N4/c1-17-16-11-14-12-20(10-8-15(14)18-19-16)9-7-13-5-3-2-4-6-13/h2-6,11H,7-10,12H2,1H3,(H,17,19). The van der Waals surface area contributed by atoms with Crippen LogP contribution in [-0.4, -0.2) is 35.2 Å². The average Bonchev–Trinajstić information content (AvgIpc) is 2.53. The summed E-state index contributed by atoms with van der Waals surface area (Å²) in [7, 11) is 1.88. The highest BCUT2D eigenvalue weighted by Crippen LogP contribution is 2.18. The van der Waals surface area contributed by atoms with Crippen molar-refractivity contribution in [1.29, 1.82) is 0 Å². The first-order valence-corrected chi connectivity index (χ1v) is 7.14. The molecule has 3 rings (SSSR count). The maximum atomic E-state index is 4.30. The van der Waals surface area contributed by atoms with E-state index in [4.69, 9.17) is 0 Å². The molecule has 0 saturated carbocycles. The summed E-state index contributed by atoms with van der Waals surface area (Å²) < 4.78 is 0. The van der Waals surface area contributed by atoms with Gasteiger partial charge in [0.2, 0.25) is 0 Å². The molecule has 104 valence electrons. The van der Waals surface area contributed by atoms with E-state index in [9.17, 15) is 0 Å². The van der Waals surface area contributed by atoms with Crippen LogP contribution in [0.2, 0.25) is 0 Å². The predicted molar refractivity (Wildman–Crippen MR) is 80.7 cm³/mol. The van der Waals surface area contributed by atoms with Gasteiger partial charge in [0.15, 0.2) is 0 Å². The van der Waals surface area contributed by atoms with E-state index in [0.717, 1.165) is 44.0 Å². The molecule has 20 heavy (non-hydrogen) atoms. The average molecular weight is 268 g/mol. The molecule has 4 heteroatoms. The first-order valence-electron chi connectivity index (χ1n) is 7.14. The quantitative estimate of drug-likeness (QED) is 0.922. The Balaban J connectivity index is 1.63. The molecular weight excluding hydrogens is 248 g/mol. The largest absolute Gasteiger partial charge is 0.372 e. The molecule has 0 fully saturated rings. The fourth-order valence-electron chi connectivity index (χ4n) is 2.63. The number of rotatable bonds is 4. The van der Waals surface area contributed by atoms with Crippen LogP contribution in [0.1, 0.15) is 16.8 Å². The third-order valence-electron chi connectivity index (χ3n) is 3.83. The third-order valence-corrected chi connectivity index (χ3v) is 3.83. The first kappa shape index (κ1) is 13.1. The first-order chi connectivity index (χ1) is 9.85. The Hall–Kier alpha value is -1.94. The third kappa shape index (κ3) is 2.96. The molecule has 4 nitrogen and oxygen atoms in total. The Bertz CT molecular complexity index is 568. The van der Waals surface area contributed by atoms with Crippen molar-refractivity contribution in [1.82, 2.24) is 15.1 Å². The van der Waals surface area contributed by atoms with Crippen LogP contribution in [0.5, 0.6) is 0 Å². The minimum absolute atomic E-state index is 0.855. The van der Waals surface area contributed by atoms with Crippen molar-refractivity contribution in [2.24, 2.45) is 0 Å². The van der Waals surface area contributed by atoms with Gasteiger partial charge in [0, 0.05) is 33.1 Å². The number of benzene rings is 1. The fourth-order valence-corrected chi connectivity index (χ4v) is 2.63. The van der Waals surface area contributed by atoms with Gasteiger partial charge in [0.1, 0.15) is 5.82 Å². The molecule has 0 amide bonds. The van der Waals surface area contributed by atoms with Gasteiger partial charge in [-0.05, 0) is 23.6 Å². The molecule has 2 aromatic rings. The predicted octanol–water partition coefficient (Wildman–Crippen LogP) is 2.12. The van der Waals surface area contributed by atoms with E-state index in [-0.39, 0.29) is 0 Å². The molecule has 1 aromatic carbocycles. The highest BCUT2D eigenvalue weighted by Gasteiger charge is 2.17. The summed E-state index contributed by atoms with van der Waals surface area (Å²) in [6.45, 7) is 3.15. The van der Waals surface area contributed by atoms with Crippen molar-refractivity contribution in [3.63, 3.8) is 0 Å². The summed E-state index contributed by atoms with van der Waals surface area (Å²) in [5, 5.41) is 11.5. The van der Waals surface area contributed by atoms with Crippen molar-refractivity contribution in [3.05, 3.63) is 53.2 Å². The van der Waals surface area contributed by atoms with Crippen molar-refractivity contribution >= 4 is 5.82 Å². The van der Waals surface area contributed by atoms with Crippen molar-refractivity contribution in [2.75, 3.05) is 25.5 Å². The lowest BCUT2D eigenvalue weighted by Crippen LogP contribution is -2.33. The van der Waals surface area contributed by atoms with E-state index >= 15 is 0 Å². The number of hydrogen-bond donors (Lipinski definition) is 1. The smallest absolute Gasteiger partial charge is 0.148 e. The van der Waals surface area contributed by atoms with E-state index in [0.29, 0.717) is 0 Å². The molecule has 1 aromatic heterocycles. The summed E-state index contributed by atoms with van der Waals surface area (Å²) in [5.41, 5.74) is 3.87. The summed E-state index contributed by atoms with van der Waals surface area (Å²) in [6.07, 6.45) is 2.11. The number of nitrogens with one attached hydrogen (secondary N) is 1. The SMILES string of the molecule is CNc1cc2c(nn1)CCN(CCc1ccccc1)C2. The summed E-state index contributed by atoms with van der Waals surface area (Å²) >= 11 is 0. The van der Waals surface area contributed by atoms with Crippen molar-refractivity contribution in [2.45, 2.75) is 19.4 Å². The van der Waals surface area contributed by atoms with E-state index in [1.807, 2.05) is 7.05 Å². The Morgan fingerprint density at radius 2 is 2.05 bits per heavy atom. The lowest BCUT2D eigenvalue weighted by molar-refractivity contribution is 0.254. The summed E-state index contributed by atoms with van der Waals surface area (Å²) in [6, 6.07) is 12.8. The van der Waals surface area contributed by atoms with Crippen molar-refractivity contribution < 1.29 is 0 Å². The highest BCUT2D eigenvalue weighted by atomic mass is 15.2. The van der Waals surface area contributed by atoms with Gasteiger partial charge in [-0.25, -0.2) is 0 Å². The molecular formula is C16H20N4. The number of hydrogen-bond acceptors (Lipinski definition) is 4. The second-order valence-corrected chi connectivity index (χ2v) is 5.21. The van der Waals surface area contributed by atoms with Gasteiger partial charge in [-0.2, -0.15) is 5.10 Å². The van der Waals surface area contributed by atoms with E-state index < -0.39 is 0 Å². The Labute approximate surface area is 119 Å². The van der Waals surface area contributed by atoms with Gasteiger partial charge in [0.05, 0.1) is 5.69 Å². The molecule has 0 saturated heterocycles. The minimum atomic E-state index is 0.855. The second kappa shape index (κ2) is 6.01. The van der Waals surface area contributed by atoms with Crippen LogP contribution in [0, 0.1) is 0 Å². The number of fused-ring (bicyclic) bond motifs is 1. The van der Waals surface area contributed by atoms with Crippen LogP contribution < -0.4 is 5.32 Å². The Morgan fingerprint density at radius 3 is 2.85 bits per heavy atom. The second-order valence-electron chi connectivity index (χ2n) is 5.21. The van der Waals surface area contributed by atoms with Gasteiger partial charge >= 0.3 is 0 Å². The number of aromatic nitrogens is 2. The van der Waals surface area contributed by atoms with Crippen molar-refractivity contribution in [3.8, 4) is 0 Å². The molecule has 1 aliphatic rings. The summed E-state index contributed by atoms with van der Waals surface area (Å²) in [4.78, 5) is 2.50. The lowest BCUT2D eigenvalue weighted by atomic mass is 10.1. The maximum absolute atomic E-state index is 4.30. The fraction of sp³-hybridized carbons (Fsp3) is 0.375. The Kier molecular flexibility index (Phi) is 3.92. The maximum Gasteiger partial charge on any atom is 0.148 e. The molecule has 0 spiro atoms. The highest BCUT2D eigenvalue weighted by molar-refractivity contribution is 5.38. The van der Waals surface area contributed by atoms with Gasteiger partial charge in [-0.3, -0.25) is 4.90 Å². The molecule has 2 heterocycles. The normalized spacial score (nSPS) is 14.8. The molecule has 1 aliphatic heterocycles. The molecule has 0 unspecified atom stereocenters. The number of nitrogens with zero attached hydrogens (tertiary/aromatic N) is 3. The van der Waals surface area contributed by atoms with Crippen LogP contribution in [0.4, 0.5) is 5.82 Å². The van der Waals surface area contributed by atoms with E-state index in [1.54, 1.807) is 0 Å². The zero-order valence-corrected chi connectivity index (χ0v) is 11.8. The topological polar surface area (TPSA) is 41.1 Å². The van der Waals surface area contributed by atoms with Gasteiger partial charge in [-0.15, -0.1) is 5.10 Å². The molecule has 0 aliphatic carbocycles. The number of anilines is 1. The monoisotopic (exact) mass is 268 g/mol. The van der Waals surface area contributed by atoms with E-state index in [2.05, 4.69) is 56.8 Å². The van der Waals surface area contributed by atoms with Crippen LogP contribution in [0.15, 0.2) is 36.4 Å². The Morgan fingerprint density at radius 1 is 1.20 bits per heavy atom.